The quantitative estimate of drug-likeness (QED) is 0.738. The summed E-state index contributed by atoms with van der Waals surface area (Å²) in [6.45, 7) is 3.26. The Morgan fingerprint density at radius 2 is 1.63 bits per heavy atom. The first-order valence-corrected chi connectivity index (χ1v) is 9.54. The molecule has 3 rings (SSSR count). The highest BCUT2D eigenvalue weighted by molar-refractivity contribution is 5.64. The second kappa shape index (κ2) is 9.40. The molecule has 1 saturated heterocycles. The maximum atomic E-state index is 14.1. The van der Waals surface area contributed by atoms with E-state index in [2.05, 4.69) is 6.92 Å². The molecule has 0 bridgehead atoms. The molecule has 2 aromatic rings. The van der Waals surface area contributed by atoms with Crippen molar-refractivity contribution in [2.45, 2.75) is 38.9 Å². The number of rotatable bonds is 7. The number of aliphatic hydroxyl groups excluding tert-OH is 1. The maximum Gasteiger partial charge on any atom is 0.183 e. The summed E-state index contributed by atoms with van der Waals surface area (Å²) in [4.78, 5) is 0. The summed E-state index contributed by atoms with van der Waals surface area (Å²) in [7, 11) is 0. The smallest absolute Gasteiger partial charge is 0.183 e. The van der Waals surface area contributed by atoms with Gasteiger partial charge in [-0.05, 0) is 29.7 Å². The van der Waals surface area contributed by atoms with Crippen molar-refractivity contribution >= 4 is 0 Å². The van der Waals surface area contributed by atoms with E-state index in [4.69, 9.17) is 14.6 Å². The van der Waals surface area contributed by atoms with Crippen LogP contribution in [-0.4, -0.2) is 24.9 Å². The lowest BCUT2D eigenvalue weighted by Gasteiger charge is -2.29. The van der Waals surface area contributed by atoms with Gasteiger partial charge in [-0.3, -0.25) is 0 Å². The Hall–Kier alpha value is -1.82. The minimum Gasteiger partial charge on any atom is -0.396 e. The van der Waals surface area contributed by atoms with Crippen LogP contribution >= 0.6 is 0 Å². The lowest BCUT2D eigenvalue weighted by atomic mass is 10.00. The van der Waals surface area contributed by atoms with E-state index in [0.717, 1.165) is 12.0 Å². The van der Waals surface area contributed by atoms with Gasteiger partial charge in [-0.1, -0.05) is 44.0 Å². The molecule has 0 unspecified atom stereocenters. The largest absolute Gasteiger partial charge is 0.396 e. The van der Waals surface area contributed by atoms with E-state index in [1.54, 1.807) is 0 Å². The molecule has 0 aliphatic carbocycles. The molecule has 0 amide bonds. The van der Waals surface area contributed by atoms with E-state index in [1.807, 2.05) is 24.3 Å². The Balaban J connectivity index is 1.68. The van der Waals surface area contributed by atoms with Crippen LogP contribution in [0.1, 0.15) is 43.6 Å². The summed E-state index contributed by atoms with van der Waals surface area (Å²) in [5.41, 5.74) is 1.98. The van der Waals surface area contributed by atoms with Gasteiger partial charge in [0.1, 0.15) is 11.6 Å². The summed E-state index contributed by atoms with van der Waals surface area (Å²) in [5.74, 6) is -0.829. The molecule has 3 nitrogen and oxygen atoms in total. The first-order valence-electron chi connectivity index (χ1n) is 9.54. The number of halogens is 2. The van der Waals surface area contributed by atoms with Crippen LogP contribution in [-0.2, 0) is 15.9 Å². The van der Waals surface area contributed by atoms with Crippen molar-refractivity contribution in [2.75, 3.05) is 19.8 Å². The monoisotopic (exact) mass is 376 g/mol. The van der Waals surface area contributed by atoms with Gasteiger partial charge in [-0.25, -0.2) is 8.78 Å². The third-order valence-corrected chi connectivity index (χ3v) is 4.95. The molecule has 27 heavy (non-hydrogen) atoms. The van der Waals surface area contributed by atoms with Crippen LogP contribution in [0.4, 0.5) is 8.78 Å². The van der Waals surface area contributed by atoms with Crippen LogP contribution < -0.4 is 0 Å². The normalized spacial score (nSPS) is 20.0. The van der Waals surface area contributed by atoms with Crippen LogP contribution in [0, 0.1) is 17.6 Å². The predicted molar refractivity (Wildman–Crippen MR) is 100 cm³/mol. The Bertz CT molecular complexity index is 715. The zero-order chi connectivity index (χ0) is 19.2. The summed E-state index contributed by atoms with van der Waals surface area (Å²) in [6.07, 6.45) is 3.04. The van der Waals surface area contributed by atoms with Crippen molar-refractivity contribution in [1.82, 2.24) is 0 Å². The third kappa shape index (κ3) is 4.92. The number of ether oxygens (including phenoxy) is 2. The van der Waals surface area contributed by atoms with E-state index in [-0.39, 0.29) is 18.6 Å². The Kier molecular flexibility index (Phi) is 6.94. The molecule has 1 aliphatic rings. The molecule has 146 valence electrons. The van der Waals surface area contributed by atoms with Crippen molar-refractivity contribution in [3.63, 3.8) is 0 Å². The van der Waals surface area contributed by atoms with Crippen LogP contribution in [0.3, 0.4) is 0 Å². The fourth-order valence-electron chi connectivity index (χ4n) is 3.35. The van der Waals surface area contributed by atoms with Gasteiger partial charge in [0.15, 0.2) is 6.29 Å². The highest BCUT2D eigenvalue weighted by atomic mass is 19.1. The molecule has 1 N–H and O–H groups in total. The van der Waals surface area contributed by atoms with Crippen molar-refractivity contribution in [2.24, 2.45) is 5.92 Å². The molecule has 0 spiro atoms. The average molecular weight is 376 g/mol. The molecule has 5 heteroatoms. The second-order valence-corrected chi connectivity index (χ2v) is 7.02. The number of aliphatic hydroxyl groups is 1. The van der Waals surface area contributed by atoms with Gasteiger partial charge >= 0.3 is 0 Å². The van der Waals surface area contributed by atoms with Gasteiger partial charge in [0.25, 0.3) is 0 Å². The van der Waals surface area contributed by atoms with Gasteiger partial charge in [0.05, 0.1) is 13.2 Å². The average Bonchev–Trinajstić information content (AvgIpc) is 2.69. The van der Waals surface area contributed by atoms with E-state index in [9.17, 15) is 8.78 Å². The van der Waals surface area contributed by atoms with Gasteiger partial charge in [-0.15, -0.1) is 0 Å². The Labute approximate surface area is 158 Å². The SMILES string of the molecule is CCCCC1COC(c2ccc(-c3cc(F)c(CCO)c(F)c3)cc2)OC1. The standard InChI is InChI=1S/C22H26F2O3/c1-2-3-4-15-13-26-22(27-14-15)17-7-5-16(6-8-17)18-11-20(23)19(9-10-25)21(24)12-18/h5-8,11-12,15,22,25H,2-4,9-10,13-14H2,1H3. The second-order valence-electron chi connectivity index (χ2n) is 7.02. The molecular weight excluding hydrogens is 350 g/mol. The summed E-state index contributed by atoms with van der Waals surface area (Å²) in [5, 5.41) is 8.91. The molecule has 0 aromatic heterocycles. The third-order valence-electron chi connectivity index (χ3n) is 4.95. The van der Waals surface area contributed by atoms with Crippen LogP contribution in [0.25, 0.3) is 11.1 Å². The highest BCUT2D eigenvalue weighted by Gasteiger charge is 2.23. The maximum absolute atomic E-state index is 14.1. The summed E-state index contributed by atoms with van der Waals surface area (Å²) < 4.78 is 39.8. The number of hydrogen-bond acceptors (Lipinski definition) is 3. The van der Waals surface area contributed by atoms with Gasteiger partial charge in [0.2, 0.25) is 0 Å². The van der Waals surface area contributed by atoms with Crippen molar-refractivity contribution in [3.05, 3.63) is 59.2 Å². The number of benzene rings is 2. The fourth-order valence-corrected chi connectivity index (χ4v) is 3.35. The predicted octanol–water partition coefficient (Wildman–Crippen LogP) is 5.02. The van der Waals surface area contributed by atoms with Crippen molar-refractivity contribution in [3.8, 4) is 11.1 Å². The minimum absolute atomic E-state index is 0.0352. The number of hydrogen-bond donors (Lipinski definition) is 1. The van der Waals surface area contributed by atoms with E-state index in [0.29, 0.717) is 30.3 Å². The van der Waals surface area contributed by atoms with Crippen LogP contribution in [0.15, 0.2) is 36.4 Å². The van der Waals surface area contributed by atoms with Gasteiger partial charge < -0.3 is 14.6 Å². The molecule has 0 radical (unpaired) electrons. The van der Waals surface area contributed by atoms with Crippen LogP contribution in [0.2, 0.25) is 0 Å². The van der Waals surface area contributed by atoms with Gasteiger partial charge in [0, 0.05) is 30.1 Å². The summed E-state index contributed by atoms with van der Waals surface area (Å²) in [6, 6.07) is 9.95. The fraction of sp³-hybridized carbons (Fsp3) is 0.455. The summed E-state index contributed by atoms with van der Waals surface area (Å²) >= 11 is 0. The van der Waals surface area contributed by atoms with Crippen molar-refractivity contribution in [1.29, 1.82) is 0 Å². The van der Waals surface area contributed by atoms with Crippen molar-refractivity contribution < 1.29 is 23.4 Å². The Morgan fingerprint density at radius 3 is 2.19 bits per heavy atom. The molecular formula is C22H26F2O3. The first kappa shape index (κ1) is 19.9. The number of unbranched alkanes of at least 4 members (excludes halogenated alkanes) is 1. The zero-order valence-electron chi connectivity index (χ0n) is 15.6. The van der Waals surface area contributed by atoms with E-state index < -0.39 is 17.9 Å². The molecule has 1 fully saturated rings. The zero-order valence-corrected chi connectivity index (χ0v) is 15.6. The molecule has 0 atom stereocenters. The molecule has 0 saturated carbocycles. The lowest BCUT2D eigenvalue weighted by molar-refractivity contribution is -0.206. The first-order chi connectivity index (χ1) is 13.1. The molecule has 1 heterocycles. The minimum atomic E-state index is -0.639. The molecule has 1 aliphatic heterocycles. The lowest BCUT2D eigenvalue weighted by Crippen LogP contribution is -2.27. The molecule has 2 aromatic carbocycles. The van der Waals surface area contributed by atoms with E-state index >= 15 is 0 Å². The van der Waals surface area contributed by atoms with Gasteiger partial charge in [-0.2, -0.15) is 0 Å². The van der Waals surface area contributed by atoms with Crippen LogP contribution in [0.5, 0.6) is 0 Å². The highest BCUT2D eigenvalue weighted by Crippen LogP contribution is 2.30. The van der Waals surface area contributed by atoms with E-state index in [1.165, 1.54) is 25.0 Å². The topological polar surface area (TPSA) is 38.7 Å². The Morgan fingerprint density at radius 1 is 1.00 bits per heavy atom.